The molecule has 3 aliphatic rings. The molecule has 0 spiro atoms. The molecule has 25 heavy (non-hydrogen) atoms. The molecule has 2 aliphatic heterocycles. The second kappa shape index (κ2) is 10.9. The summed E-state index contributed by atoms with van der Waals surface area (Å²) in [6, 6.07) is 0. The molecular formula is C19H37IN4O. The summed E-state index contributed by atoms with van der Waals surface area (Å²) in [5, 5.41) is 13.9. The van der Waals surface area contributed by atoms with Crippen LogP contribution in [-0.2, 0) is 0 Å². The Kier molecular flexibility index (Phi) is 9.27. The van der Waals surface area contributed by atoms with Crippen LogP contribution in [0.4, 0.5) is 0 Å². The van der Waals surface area contributed by atoms with Crippen LogP contribution in [0.25, 0.3) is 0 Å². The van der Waals surface area contributed by atoms with Crippen molar-refractivity contribution in [1.29, 1.82) is 0 Å². The maximum Gasteiger partial charge on any atom is 0.193 e. The van der Waals surface area contributed by atoms with Gasteiger partial charge in [-0.3, -0.25) is 4.99 Å². The van der Waals surface area contributed by atoms with Gasteiger partial charge < -0.3 is 20.2 Å². The number of aliphatic imine (C=N–C) groups is 1. The zero-order chi connectivity index (χ0) is 16.8. The minimum atomic E-state index is -0.231. The van der Waals surface area contributed by atoms with Crippen molar-refractivity contribution in [2.75, 3.05) is 46.3 Å². The number of rotatable bonds is 5. The molecule has 3 rings (SSSR count). The van der Waals surface area contributed by atoms with E-state index < -0.39 is 0 Å². The van der Waals surface area contributed by atoms with E-state index in [9.17, 15) is 5.11 Å². The van der Waals surface area contributed by atoms with Gasteiger partial charge in [0.25, 0.3) is 0 Å². The molecule has 3 fully saturated rings. The number of aliphatic hydroxyl groups excluding tert-OH is 1. The molecular weight excluding hydrogens is 427 g/mol. The topological polar surface area (TPSA) is 51.1 Å². The molecule has 0 aromatic heterocycles. The predicted octanol–water partition coefficient (Wildman–Crippen LogP) is 2.54. The average molecular weight is 464 g/mol. The fourth-order valence-corrected chi connectivity index (χ4v) is 4.72. The maximum absolute atomic E-state index is 10.5. The highest BCUT2D eigenvalue weighted by atomic mass is 127. The quantitative estimate of drug-likeness (QED) is 0.373. The SMILES string of the molecule is CN=C(NCC(O)C1CCCCC1)N1CCC(CN2CCCC2)C1.I. The number of likely N-dealkylation sites (tertiary alicyclic amines) is 2. The van der Waals surface area contributed by atoms with Gasteiger partial charge in [-0.1, -0.05) is 19.3 Å². The fraction of sp³-hybridized carbons (Fsp3) is 0.947. The monoisotopic (exact) mass is 464 g/mol. The lowest BCUT2D eigenvalue weighted by molar-refractivity contribution is 0.0874. The van der Waals surface area contributed by atoms with Crippen molar-refractivity contribution in [3.05, 3.63) is 0 Å². The van der Waals surface area contributed by atoms with Gasteiger partial charge in [0.05, 0.1) is 6.10 Å². The number of nitrogens with zero attached hydrogens (tertiary/aromatic N) is 3. The zero-order valence-corrected chi connectivity index (χ0v) is 18.2. The number of hydrogen-bond donors (Lipinski definition) is 2. The summed E-state index contributed by atoms with van der Waals surface area (Å²) in [5.74, 6) is 2.23. The van der Waals surface area contributed by atoms with Crippen LogP contribution in [0.5, 0.6) is 0 Å². The molecule has 6 heteroatoms. The number of guanidine groups is 1. The molecule has 0 aromatic carbocycles. The summed E-state index contributed by atoms with van der Waals surface area (Å²) >= 11 is 0. The summed E-state index contributed by atoms with van der Waals surface area (Å²) < 4.78 is 0. The van der Waals surface area contributed by atoms with E-state index in [1.54, 1.807) is 0 Å². The van der Waals surface area contributed by atoms with E-state index >= 15 is 0 Å². The first kappa shape index (κ1) is 21.2. The lowest BCUT2D eigenvalue weighted by Crippen LogP contribution is -2.45. The number of nitrogens with one attached hydrogen (secondary N) is 1. The minimum absolute atomic E-state index is 0. The third kappa shape index (κ3) is 6.24. The largest absolute Gasteiger partial charge is 0.391 e. The van der Waals surface area contributed by atoms with E-state index in [0.29, 0.717) is 12.5 Å². The molecule has 2 saturated heterocycles. The van der Waals surface area contributed by atoms with Gasteiger partial charge in [0.1, 0.15) is 0 Å². The standard InChI is InChI=1S/C19H36N4O.HI/c1-20-19(21-13-18(24)17-7-3-2-4-8-17)23-12-9-16(15-23)14-22-10-5-6-11-22;/h16-18,24H,2-15H2,1H3,(H,20,21);1H. The normalized spacial score (nSPS) is 27.4. The molecule has 0 aromatic rings. The Bertz CT molecular complexity index is 408. The summed E-state index contributed by atoms with van der Waals surface area (Å²) in [5.41, 5.74) is 0. The smallest absolute Gasteiger partial charge is 0.193 e. The minimum Gasteiger partial charge on any atom is -0.391 e. The first-order valence-corrected chi connectivity index (χ1v) is 10.1. The molecule has 2 heterocycles. The molecule has 1 aliphatic carbocycles. The van der Waals surface area contributed by atoms with Gasteiger partial charge in [0, 0.05) is 33.2 Å². The van der Waals surface area contributed by atoms with E-state index in [2.05, 4.69) is 20.1 Å². The van der Waals surface area contributed by atoms with Crippen molar-refractivity contribution in [3.63, 3.8) is 0 Å². The highest BCUT2D eigenvalue weighted by Gasteiger charge is 2.28. The Hall–Kier alpha value is -0.0800. The average Bonchev–Trinajstić information content (AvgIpc) is 3.29. The highest BCUT2D eigenvalue weighted by molar-refractivity contribution is 14.0. The summed E-state index contributed by atoms with van der Waals surface area (Å²) in [4.78, 5) is 9.47. The highest BCUT2D eigenvalue weighted by Crippen LogP contribution is 2.26. The van der Waals surface area contributed by atoms with Gasteiger partial charge in [-0.15, -0.1) is 24.0 Å². The first-order valence-electron chi connectivity index (χ1n) is 10.1. The number of halogens is 1. The van der Waals surface area contributed by atoms with E-state index in [1.807, 2.05) is 7.05 Å². The van der Waals surface area contributed by atoms with Gasteiger partial charge in [0.2, 0.25) is 0 Å². The third-order valence-corrected chi connectivity index (χ3v) is 6.18. The zero-order valence-electron chi connectivity index (χ0n) is 15.8. The third-order valence-electron chi connectivity index (χ3n) is 6.18. The molecule has 2 unspecified atom stereocenters. The Morgan fingerprint density at radius 1 is 1.08 bits per heavy atom. The van der Waals surface area contributed by atoms with Gasteiger partial charge in [-0.25, -0.2) is 0 Å². The van der Waals surface area contributed by atoms with Crippen molar-refractivity contribution in [2.24, 2.45) is 16.8 Å². The maximum atomic E-state index is 10.5. The van der Waals surface area contributed by atoms with Crippen LogP contribution in [0, 0.1) is 11.8 Å². The molecule has 2 N–H and O–H groups in total. The van der Waals surface area contributed by atoms with Crippen molar-refractivity contribution >= 4 is 29.9 Å². The lowest BCUT2D eigenvalue weighted by atomic mass is 9.85. The number of hydrogen-bond acceptors (Lipinski definition) is 3. The molecule has 1 saturated carbocycles. The summed E-state index contributed by atoms with van der Waals surface area (Å²) in [7, 11) is 1.86. The van der Waals surface area contributed by atoms with Gasteiger partial charge in [-0.2, -0.15) is 0 Å². The lowest BCUT2D eigenvalue weighted by Gasteiger charge is -2.29. The van der Waals surface area contributed by atoms with Crippen LogP contribution < -0.4 is 5.32 Å². The molecule has 0 amide bonds. The van der Waals surface area contributed by atoms with Crippen molar-refractivity contribution in [1.82, 2.24) is 15.1 Å². The second-order valence-corrected chi connectivity index (χ2v) is 8.00. The molecule has 5 nitrogen and oxygen atoms in total. The summed E-state index contributed by atoms with van der Waals surface area (Å²) in [6.45, 7) is 6.67. The summed E-state index contributed by atoms with van der Waals surface area (Å²) in [6.07, 6.45) is 10.0. The Morgan fingerprint density at radius 2 is 1.80 bits per heavy atom. The fourth-order valence-electron chi connectivity index (χ4n) is 4.72. The Labute approximate surface area is 170 Å². The van der Waals surface area contributed by atoms with Gasteiger partial charge >= 0.3 is 0 Å². The van der Waals surface area contributed by atoms with E-state index in [1.165, 1.54) is 71.0 Å². The van der Waals surface area contributed by atoms with Crippen LogP contribution in [0.1, 0.15) is 51.4 Å². The van der Waals surface area contributed by atoms with Crippen molar-refractivity contribution < 1.29 is 5.11 Å². The van der Waals surface area contributed by atoms with Crippen LogP contribution in [-0.4, -0.2) is 73.3 Å². The second-order valence-electron chi connectivity index (χ2n) is 8.00. The number of aliphatic hydroxyl groups is 1. The van der Waals surface area contributed by atoms with Gasteiger partial charge in [0.15, 0.2) is 5.96 Å². The molecule has 0 bridgehead atoms. The van der Waals surface area contributed by atoms with E-state index in [-0.39, 0.29) is 30.1 Å². The van der Waals surface area contributed by atoms with Crippen molar-refractivity contribution in [2.45, 2.75) is 57.5 Å². The van der Waals surface area contributed by atoms with E-state index in [0.717, 1.165) is 25.0 Å². The molecule has 146 valence electrons. The van der Waals surface area contributed by atoms with Crippen LogP contribution in [0.15, 0.2) is 4.99 Å². The Balaban J connectivity index is 0.00000225. The van der Waals surface area contributed by atoms with Crippen LogP contribution in [0.2, 0.25) is 0 Å². The molecule has 0 radical (unpaired) electrons. The van der Waals surface area contributed by atoms with Crippen LogP contribution in [0.3, 0.4) is 0 Å². The van der Waals surface area contributed by atoms with Crippen LogP contribution >= 0.6 is 24.0 Å². The van der Waals surface area contributed by atoms with Gasteiger partial charge in [-0.05, 0) is 57.0 Å². The Morgan fingerprint density at radius 3 is 2.48 bits per heavy atom. The van der Waals surface area contributed by atoms with Crippen molar-refractivity contribution in [3.8, 4) is 0 Å². The van der Waals surface area contributed by atoms with E-state index in [4.69, 9.17) is 0 Å². The molecule has 2 atom stereocenters. The first-order chi connectivity index (χ1) is 11.8. The predicted molar refractivity (Wildman–Crippen MR) is 115 cm³/mol.